The summed E-state index contributed by atoms with van der Waals surface area (Å²) in [4.78, 5) is 18.6. The number of likely N-dealkylation sites (tertiary alicyclic amines) is 1. The molecule has 0 radical (unpaired) electrons. The molecule has 43 heavy (non-hydrogen) atoms. The Morgan fingerprint density at radius 2 is 1.40 bits per heavy atom. The number of carbonyl (C=O) groups excluding carboxylic acids is 1. The summed E-state index contributed by atoms with van der Waals surface area (Å²) in [6.45, 7) is 0.779. The van der Waals surface area contributed by atoms with Crippen molar-refractivity contribution in [1.82, 2.24) is 9.88 Å². The lowest BCUT2D eigenvalue weighted by Gasteiger charge is -2.47. The molecule has 1 aromatic heterocycles. The van der Waals surface area contributed by atoms with Gasteiger partial charge in [0.1, 0.15) is 10.6 Å². The molecule has 2 aromatic carbocycles. The third-order valence-corrected chi connectivity index (χ3v) is 10.9. The molecule has 1 unspecified atom stereocenters. The summed E-state index contributed by atoms with van der Waals surface area (Å²) < 4.78 is 134. The zero-order valence-electron chi connectivity index (χ0n) is 22.2. The molecule has 2 fully saturated rings. The normalized spacial score (nSPS) is 23.2. The maximum Gasteiger partial charge on any atom is 0.435 e. The first-order valence-corrected chi connectivity index (χ1v) is 14.6. The highest BCUT2D eigenvalue weighted by Crippen LogP contribution is 2.57. The van der Waals surface area contributed by atoms with Crippen LogP contribution >= 0.6 is 0 Å². The molecular weight excluding hydrogens is 608 g/mol. The number of nitrogens with zero attached hydrogens (tertiary/aromatic N) is 2. The Morgan fingerprint density at radius 1 is 0.837 bits per heavy atom. The second kappa shape index (κ2) is 10.6. The average Bonchev–Trinajstić information content (AvgIpc) is 3.42. The summed E-state index contributed by atoms with van der Waals surface area (Å²) in [6.07, 6.45) is -9.44. The highest BCUT2D eigenvalue weighted by molar-refractivity contribution is 7.92. The number of hydrogen-bond donors (Lipinski definition) is 0. The number of halogens is 8. The summed E-state index contributed by atoms with van der Waals surface area (Å²) in [6, 6.07) is 9.32. The third-order valence-electron chi connectivity index (χ3n) is 8.41. The van der Waals surface area contributed by atoms with Gasteiger partial charge in [-0.15, -0.1) is 0 Å². The maximum absolute atomic E-state index is 14.6. The van der Waals surface area contributed by atoms with Crippen LogP contribution in [0, 0.1) is 11.7 Å². The van der Waals surface area contributed by atoms with E-state index in [1.165, 1.54) is 0 Å². The minimum absolute atomic E-state index is 0.0375. The molecular formula is C29H24F8N2O3S. The van der Waals surface area contributed by atoms with E-state index in [0.29, 0.717) is 31.6 Å². The van der Waals surface area contributed by atoms with E-state index in [4.69, 9.17) is 0 Å². The molecule has 5 rings (SSSR count). The van der Waals surface area contributed by atoms with Crippen LogP contribution in [0.15, 0.2) is 78.0 Å². The molecule has 0 N–H and O–H groups in total. The summed E-state index contributed by atoms with van der Waals surface area (Å²) in [7, 11) is -4.47. The van der Waals surface area contributed by atoms with Crippen LogP contribution in [0.2, 0.25) is 0 Å². The van der Waals surface area contributed by atoms with E-state index in [1.54, 1.807) is 17.3 Å². The molecule has 1 saturated heterocycles. The highest BCUT2D eigenvalue weighted by Gasteiger charge is 2.73. The largest absolute Gasteiger partial charge is 0.435 e. The number of hydrogen-bond acceptors (Lipinski definition) is 4. The van der Waals surface area contributed by atoms with E-state index in [-0.39, 0.29) is 47.3 Å². The van der Waals surface area contributed by atoms with Crippen LogP contribution in [-0.4, -0.2) is 49.7 Å². The average molecular weight is 633 g/mol. The fourth-order valence-corrected chi connectivity index (χ4v) is 8.21. The molecule has 3 aromatic rings. The van der Waals surface area contributed by atoms with E-state index in [1.807, 2.05) is 12.1 Å². The van der Waals surface area contributed by atoms with Crippen molar-refractivity contribution in [3.8, 4) is 0 Å². The van der Waals surface area contributed by atoms with E-state index in [0.717, 1.165) is 29.8 Å². The first-order valence-electron chi connectivity index (χ1n) is 13.1. The van der Waals surface area contributed by atoms with Crippen LogP contribution < -0.4 is 0 Å². The molecule has 2 heterocycles. The smallest absolute Gasteiger partial charge is 0.342 e. The van der Waals surface area contributed by atoms with Crippen molar-refractivity contribution in [3.05, 3.63) is 95.6 Å². The van der Waals surface area contributed by atoms with Gasteiger partial charge < -0.3 is 4.90 Å². The summed E-state index contributed by atoms with van der Waals surface area (Å²) in [5.74, 6) is -1.86. The number of benzene rings is 2. The molecule has 1 atom stereocenters. The van der Waals surface area contributed by atoms with Crippen molar-refractivity contribution in [2.24, 2.45) is 5.92 Å². The van der Waals surface area contributed by atoms with Gasteiger partial charge in [-0.2, -0.15) is 26.3 Å². The minimum Gasteiger partial charge on any atom is -0.342 e. The Balaban J connectivity index is 1.47. The predicted molar refractivity (Wildman–Crippen MR) is 138 cm³/mol. The topological polar surface area (TPSA) is 67.3 Å². The standard InChI is InChI=1S/C29H24F8N2O3S/c30-23-5-7-24(8-6-23)43(41,42)26(21-1-3-22(4-2-21)27(31,28(32,33)34)29(35,36)37)15-20(16-26)25(40)39-14-11-19(17-39)18-9-12-38-13-10-18/h1-10,12-13,19-20H,11,14-17H2/t19?,20-,26+. The van der Waals surface area contributed by atoms with E-state index < -0.39 is 49.9 Å². The van der Waals surface area contributed by atoms with Crippen LogP contribution in [-0.2, 0) is 25.0 Å². The number of rotatable bonds is 6. The van der Waals surface area contributed by atoms with Gasteiger partial charge in [-0.3, -0.25) is 9.78 Å². The lowest BCUT2D eigenvalue weighted by molar-refractivity contribution is -0.348. The number of alkyl halides is 7. The summed E-state index contributed by atoms with van der Waals surface area (Å²) in [5.41, 5.74) is -6.70. The molecule has 0 bridgehead atoms. The fraction of sp³-hybridized carbons (Fsp3) is 0.379. The Kier molecular flexibility index (Phi) is 7.59. The fourth-order valence-electron chi connectivity index (χ4n) is 5.98. The lowest BCUT2D eigenvalue weighted by atomic mass is 9.69. The van der Waals surface area contributed by atoms with Crippen LogP contribution in [0.1, 0.15) is 41.9 Å². The monoisotopic (exact) mass is 632 g/mol. The summed E-state index contributed by atoms with van der Waals surface area (Å²) in [5, 5.41) is 0. The van der Waals surface area contributed by atoms with Crippen molar-refractivity contribution in [2.45, 2.75) is 52.8 Å². The zero-order valence-corrected chi connectivity index (χ0v) is 23.0. The van der Waals surface area contributed by atoms with Crippen LogP contribution in [0.5, 0.6) is 0 Å². The van der Waals surface area contributed by atoms with Gasteiger partial charge in [0.25, 0.3) is 0 Å². The Morgan fingerprint density at radius 3 is 1.93 bits per heavy atom. The second-order valence-corrected chi connectivity index (χ2v) is 13.1. The first kappa shape index (κ1) is 30.9. The number of aromatic nitrogens is 1. The quantitative estimate of drug-likeness (QED) is 0.227. The van der Waals surface area contributed by atoms with Crippen molar-refractivity contribution in [1.29, 1.82) is 0 Å². The van der Waals surface area contributed by atoms with Crippen molar-refractivity contribution in [2.75, 3.05) is 13.1 Å². The molecule has 5 nitrogen and oxygen atoms in total. The van der Waals surface area contributed by atoms with Crippen molar-refractivity contribution < 1.29 is 48.3 Å². The number of pyridine rings is 1. The Bertz CT molecular complexity index is 1570. The molecule has 1 aliphatic carbocycles. The lowest BCUT2D eigenvalue weighted by Crippen LogP contribution is -2.53. The first-order chi connectivity index (χ1) is 20.0. The minimum atomic E-state index is -6.34. The molecule has 1 amide bonds. The summed E-state index contributed by atoms with van der Waals surface area (Å²) >= 11 is 0. The van der Waals surface area contributed by atoms with Gasteiger partial charge in [-0.1, -0.05) is 24.3 Å². The highest BCUT2D eigenvalue weighted by atomic mass is 32.2. The zero-order chi connectivity index (χ0) is 31.4. The number of amides is 1. The maximum atomic E-state index is 14.6. The SMILES string of the molecule is O=C([C@H]1C[C@@](c2ccc(C(F)(C(F)(F)F)C(F)(F)F)cc2)(S(=O)(=O)c2ccc(F)cc2)C1)N1CCC(c2ccncc2)C1. The van der Waals surface area contributed by atoms with Gasteiger partial charge >= 0.3 is 18.0 Å². The molecule has 1 saturated carbocycles. The Hall–Kier alpha value is -3.55. The van der Waals surface area contributed by atoms with Crippen molar-refractivity contribution in [3.63, 3.8) is 0 Å². The molecule has 2 aliphatic rings. The second-order valence-electron chi connectivity index (χ2n) is 10.8. The van der Waals surface area contributed by atoms with E-state index in [2.05, 4.69) is 4.98 Å². The molecule has 1 aliphatic heterocycles. The van der Waals surface area contributed by atoms with Gasteiger partial charge in [0.05, 0.1) is 4.90 Å². The van der Waals surface area contributed by atoms with Crippen LogP contribution in [0.3, 0.4) is 0 Å². The molecule has 14 heteroatoms. The predicted octanol–water partition coefficient (Wildman–Crippen LogP) is 6.61. The van der Waals surface area contributed by atoms with Crippen LogP contribution in [0.4, 0.5) is 35.1 Å². The van der Waals surface area contributed by atoms with Gasteiger partial charge in [-0.25, -0.2) is 17.2 Å². The van der Waals surface area contributed by atoms with Gasteiger partial charge in [-0.05, 0) is 66.8 Å². The number of sulfone groups is 1. The molecule has 0 spiro atoms. The molecule has 230 valence electrons. The van der Waals surface area contributed by atoms with Gasteiger partial charge in [0.15, 0.2) is 9.84 Å². The van der Waals surface area contributed by atoms with Gasteiger partial charge in [0.2, 0.25) is 5.91 Å². The van der Waals surface area contributed by atoms with E-state index >= 15 is 0 Å². The number of carbonyl (C=O) groups is 1. The van der Waals surface area contributed by atoms with E-state index in [9.17, 15) is 48.3 Å². The van der Waals surface area contributed by atoms with Crippen molar-refractivity contribution >= 4 is 15.7 Å². The van der Waals surface area contributed by atoms with Crippen LogP contribution in [0.25, 0.3) is 0 Å². The third kappa shape index (κ3) is 5.06. The van der Waals surface area contributed by atoms with Gasteiger partial charge in [0, 0.05) is 42.9 Å². The Labute approximate surface area is 241 Å².